The molecule has 0 radical (unpaired) electrons. The van der Waals surface area contributed by atoms with E-state index in [0.29, 0.717) is 40.7 Å². The zero-order chi connectivity index (χ0) is 20.4. The van der Waals surface area contributed by atoms with Gasteiger partial charge in [0, 0.05) is 41.0 Å². The predicted molar refractivity (Wildman–Crippen MR) is 112 cm³/mol. The molecule has 146 valence electrons. The van der Waals surface area contributed by atoms with Crippen LogP contribution in [0.3, 0.4) is 0 Å². The number of carbonyl (C=O) groups excluding carboxylic acids is 2. The highest BCUT2D eigenvalue weighted by Crippen LogP contribution is 2.31. The molecule has 0 spiro atoms. The number of nitrogens with zero attached hydrogens (tertiary/aromatic N) is 1. The second kappa shape index (κ2) is 7.93. The molecule has 2 N–H and O–H groups in total. The molecule has 7 heteroatoms. The molecule has 6 nitrogen and oxygen atoms in total. The number of ether oxygens (including phenoxy) is 1. The molecule has 1 heterocycles. The number of nitrogens with one attached hydrogen (secondary N) is 2. The molecule has 29 heavy (non-hydrogen) atoms. The SMILES string of the molecule is Cc1cc(NC(=O)Nc2ccc(Oc3ccnc4c3CC(=O)C4)cc2)ccc1Cl. The fourth-order valence-corrected chi connectivity index (χ4v) is 3.27. The fraction of sp³-hybridized carbons (Fsp3) is 0.136. The van der Waals surface area contributed by atoms with Crippen LogP contribution >= 0.6 is 11.6 Å². The summed E-state index contributed by atoms with van der Waals surface area (Å²) in [7, 11) is 0. The lowest BCUT2D eigenvalue weighted by Crippen LogP contribution is -2.19. The normalized spacial score (nSPS) is 12.4. The van der Waals surface area contributed by atoms with E-state index in [1.165, 1.54) is 0 Å². The molecule has 3 aromatic rings. The lowest BCUT2D eigenvalue weighted by atomic mass is 10.2. The minimum atomic E-state index is -0.356. The average molecular weight is 408 g/mol. The number of aromatic nitrogens is 1. The van der Waals surface area contributed by atoms with Gasteiger partial charge < -0.3 is 15.4 Å². The molecule has 0 bridgehead atoms. The van der Waals surface area contributed by atoms with Crippen LogP contribution in [0.4, 0.5) is 16.2 Å². The Balaban J connectivity index is 1.39. The largest absolute Gasteiger partial charge is 0.457 e. The van der Waals surface area contributed by atoms with E-state index < -0.39 is 0 Å². The fourth-order valence-electron chi connectivity index (χ4n) is 3.15. The lowest BCUT2D eigenvalue weighted by molar-refractivity contribution is -0.117. The summed E-state index contributed by atoms with van der Waals surface area (Å²) in [6.45, 7) is 1.87. The van der Waals surface area contributed by atoms with Crippen LogP contribution in [0.2, 0.25) is 5.02 Å². The number of anilines is 2. The minimum Gasteiger partial charge on any atom is -0.457 e. The summed E-state index contributed by atoms with van der Waals surface area (Å²) in [5, 5.41) is 6.19. The van der Waals surface area contributed by atoms with Gasteiger partial charge in [0.1, 0.15) is 17.3 Å². The van der Waals surface area contributed by atoms with E-state index in [0.717, 1.165) is 16.8 Å². The first-order valence-corrected chi connectivity index (χ1v) is 9.46. The number of Topliss-reactive ketones (excluding diaryl/α,β-unsaturated/α-hetero) is 1. The van der Waals surface area contributed by atoms with Crippen molar-refractivity contribution < 1.29 is 14.3 Å². The molecule has 0 saturated heterocycles. The van der Waals surface area contributed by atoms with Gasteiger partial charge in [-0.15, -0.1) is 0 Å². The summed E-state index contributed by atoms with van der Waals surface area (Å²) in [5.74, 6) is 1.39. The zero-order valence-electron chi connectivity index (χ0n) is 15.7. The van der Waals surface area contributed by atoms with Gasteiger partial charge in [0.2, 0.25) is 0 Å². The number of ketones is 1. The molecule has 1 aliphatic rings. The topological polar surface area (TPSA) is 80.3 Å². The highest BCUT2D eigenvalue weighted by atomic mass is 35.5. The number of pyridine rings is 1. The number of carbonyl (C=O) groups is 2. The molecule has 1 aliphatic carbocycles. The Morgan fingerprint density at radius 3 is 2.52 bits per heavy atom. The number of amides is 2. The van der Waals surface area contributed by atoms with Crippen LogP contribution in [0.1, 0.15) is 16.8 Å². The van der Waals surface area contributed by atoms with Gasteiger partial charge >= 0.3 is 6.03 Å². The Bertz CT molecular complexity index is 1100. The van der Waals surface area contributed by atoms with Gasteiger partial charge in [0.25, 0.3) is 0 Å². The summed E-state index contributed by atoms with van der Waals surface area (Å²) in [6.07, 6.45) is 2.35. The molecule has 0 atom stereocenters. The minimum absolute atomic E-state index is 0.144. The number of rotatable bonds is 4. The smallest absolute Gasteiger partial charge is 0.323 e. The maximum atomic E-state index is 12.2. The van der Waals surface area contributed by atoms with E-state index in [2.05, 4.69) is 15.6 Å². The molecule has 2 amide bonds. The van der Waals surface area contributed by atoms with Crippen molar-refractivity contribution in [1.29, 1.82) is 0 Å². The van der Waals surface area contributed by atoms with Gasteiger partial charge in [0.15, 0.2) is 0 Å². The number of fused-ring (bicyclic) bond motifs is 1. The molecular formula is C22H18ClN3O3. The highest BCUT2D eigenvalue weighted by Gasteiger charge is 2.23. The summed E-state index contributed by atoms with van der Waals surface area (Å²) < 4.78 is 5.92. The van der Waals surface area contributed by atoms with Crippen LogP contribution in [-0.2, 0) is 17.6 Å². The summed E-state index contributed by atoms with van der Waals surface area (Å²) in [5.41, 5.74) is 3.79. The zero-order valence-corrected chi connectivity index (χ0v) is 16.4. The van der Waals surface area contributed by atoms with E-state index in [9.17, 15) is 9.59 Å². The first-order chi connectivity index (χ1) is 14.0. The van der Waals surface area contributed by atoms with Gasteiger partial charge in [-0.05, 0) is 61.0 Å². The Morgan fingerprint density at radius 1 is 1.03 bits per heavy atom. The number of benzene rings is 2. The van der Waals surface area contributed by atoms with Crippen molar-refractivity contribution in [3.05, 3.63) is 76.6 Å². The first-order valence-electron chi connectivity index (χ1n) is 9.08. The van der Waals surface area contributed by atoms with Crippen LogP contribution in [0.15, 0.2) is 54.7 Å². The van der Waals surface area contributed by atoms with Gasteiger partial charge in [-0.1, -0.05) is 11.6 Å². The maximum Gasteiger partial charge on any atom is 0.323 e. The summed E-state index contributed by atoms with van der Waals surface area (Å²) in [6, 6.07) is 13.7. The second-order valence-electron chi connectivity index (χ2n) is 6.80. The van der Waals surface area contributed by atoms with Crippen LogP contribution in [0.25, 0.3) is 0 Å². The van der Waals surface area contributed by atoms with Crippen molar-refractivity contribution in [1.82, 2.24) is 4.98 Å². The van der Waals surface area contributed by atoms with Crippen molar-refractivity contribution in [2.75, 3.05) is 10.6 Å². The average Bonchev–Trinajstić information content (AvgIpc) is 3.07. The Hall–Kier alpha value is -3.38. The number of halogens is 1. The third kappa shape index (κ3) is 4.38. The number of hydrogen-bond acceptors (Lipinski definition) is 4. The van der Waals surface area contributed by atoms with Gasteiger partial charge in [0.05, 0.1) is 5.69 Å². The molecular weight excluding hydrogens is 390 g/mol. The van der Waals surface area contributed by atoms with Crippen molar-refractivity contribution in [2.45, 2.75) is 19.8 Å². The molecule has 1 aromatic heterocycles. The van der Waals surface area contributed by atoms with E-state index in [1.807, 2.05) is 6.92 Å². The van der Waals surface area contributed by atoms with Gasteiger partial charge in [-0.3, -0.25) is 9.78 Å². The van der Waals surface area contributed by atoms with Crippen molar-refractivity contribution in [3.8, 4) is 11.5 Å². The predicted octanol–water partition coefficient (Wildman–Crippen LogP) is 5.15. The highest BCUT2D eigenvalue weighted by molar-refractivity contribution is 6.31. The summed E-state index contributed by atoms with van der Waals surface area (Å²) in [4.78, 5) is 28.1. The monoisotopic (exact) mass is 407 g/mol. The van der Waals surface area contributed by atoms with E-state index in [-0.39, 0.29) is 11.8 Å². The molecule has 0 aliphatic heterocycles. The van der Waals surface area contributed by atoms with Crippen LogP contribution in [0.5, 0.6) is 11.5 Å². The van der Waals surface area contributed by atoms with E-state index in [1.54, 1.807) is 54.7 Å². The van der Waals surface area contributed by atoms with Crippen LogP contribution < -0.4 is 15.4 Å². The van der Waals surface area contributed by atoms with Crippen molar-refractivity contribution in [2.24, 2.45) is 0 Å². The quantitative estimate of drug-likeness (QED) is 0.627. The number of urea groups is 1. The number of hydrogen-bond donors (Lipinski definition) is 2. The van der Waals surface area contributed by atoms with Gasteiger partial charge in [-0.2, -0.15) is 0 Å². The molecule has 2 aromatic carbocycles. The molecule has 0 unspecified atom stereocenters. The third-order valence-electron chi connectivity index (χ3n) is 4.60. The molecule has 0 saturated carbocycles. The first kappa shape index (κ1) is 19.0. The Labute approximate surface area is 172 Å². The molecule has 0 fully saturated rings. The molecule has 4 rings (SSSR count). The number of aryl methyl sites for hydroxylation is 1. The van der Waals surface area contributed by atoms with E-state index in [4.69, 9.17) is 16.3 Å². The third-order valence-corrected chi connectivity index (χ3v) is 5.02. The Kier molecular flexibility index (Phi) is 5.18. The summed E-state index contributed by atoms with van der Waals surface area (Å²) >= 11 is 6.00. The van der Waals surface area contributed by atoms with Crippen molar-refractivity contribution in [3.63, 3.8) is 0 Å². The van der Waals surface area contributed by atoms with Crippen molar-refractivity contribution >= 4 is 34.8 Å². The van der Waals surface area contributed by atoms with Crippen LogP contribution in [-0.4, -0.2) is 16.8 Å². The Morgan fingerprint density at radius 2 is 1.76 bits per heavy atom. The maximum absolute atomic E-state index is 12.2. The lowest BCUT2D eigenvalue weighted by Gasteiger charge is -2.11. The second-order valence-corrected chi connectivity index (χ2v) is 7.20. The van der Waals surface area contributed by atoms with Gasteiger partial charge in [-0.25, -0.2) is 4.79 Å². The van der Waals surface area contributed by atoms with E-state index >= 15 is 0 Å². The van der Waals surface area contributed by atoms with Crippen LogP contribution in [0, 0.1) is 6.92 Å². The standard InChI is InChI=1S/C22H18ClN3O3/c1-13-10-15(4-7-19(13)23)26-22(28)25-14-2-5-17(6-3-14)29-21-8-9-24-20-12-16(27)11-18(20)21/h2-10H,11-12H2,1H3,(H2,25,26,28).